The van der Waals surface area contributed by atoms with Crippen LogP contribution in [0.2, 0.25) is 0 Å². The molecule has 1 aromatic rings. The molecule has 0 saturated carbocycles. The fourth-order valence-corrected chi connectivity index (χ4v) is 2.24. The maximum absolute atomic E-state index is 10.0. The van der Waals surface area contributed by atoms with E-state index < -0.39 is 0 Å². The molecule has 2 N–H and O–H groups in total. The molecule has 0 aromatic heterocycles. The molecule has 4 heteroatoms. The van der Waals surface area contributed by atoms with E-state index in [1.165, 1.54) is 0 Å². The molecule has 4 nitrogen and oxygen atoms in total. The third-order valence-electron chi connectivity index (χ3n) is 3.87. The number of aromatic hydroxyl groups is 1. The van der Waals surface area contributed by atoms with E-state index in [1.54, 1.807) is 13.2 Å². The zero-order valence-corrected chi connectivity index (χ0v) is 11.2. The number of phenolic OH excluding ortho intramolecular Hbond substituents is 1. The number of nitrogens with one attached hydrogen (secondary N) is 1. The van der Waals surface area contributed by atoms with E-state index in [9.17, 15) is 5.11 Å². The van der Waals surface area contributed by atoms with Crippen LogP contribution in [0.15, 0.2) is 18.2 Å². The molecule has 0 amide bonds. The molecule has 2 unspecified atom stereocenters. The predicted molar refractivity (Wildman–Crippen MR) is 69.9 cm³/mol. The Balaban J connectivity index is 2.06. The highest BCUT2D eigenvalue weighted by Crippen LogP contribution is 2.31. The first-order valence-electron chi connectivity index (χ1n) is 6.28. The Kier molecular flexibility index (Phi) is 3.78. The highest BCUT2D eigenvalue weighted by molar-refractivity contribution is 5.45. The van der Waals surface area contributed by atoms with Gasteiger partial charge in [0.2, 0.25) is 0 Å². The Morgan fingerprint density at radius 3 is 2.94 bits per heavy atom. The van der Waals surface area contributed by atoms with Crippen LogP contribution in [0.4, 0.5) is 0 Å². The van der Waals surface area contributed by atoms with Crippen molar-refractivity contribution in [2.75, 3.05) is 13.7 Å². The molecule has 1 heterocycles. The maximum atomic E-state index is 10.0. The minimum absolute atomic E-state index is 0.0322. The molecule has 0 radical (unpaired) electrons. The molecule has 0 spiro atoms. The van der Waals surface area contributed by atoms with Crippen LogP contribution in [0.25, 0.3) is 0 Å². The zero-order valence-electron chi connectivity index (χ0n) is 11.2. The summed E-state index contributed by atoms with van der Waals surface area (Å²) in [6.45, 7) is 5.62. The van der Waals surface area contributed by atoms with Crippen molar-refractivity contribution >= 4 is 0 Å². The van der Waals surface area contributed by atoms with Crippen molar-refractivity contribution in [1.82, 2.24) is 5.32 Å². The van der Waals surface area contributed by atoms with Crippen LogP contribution in [0, 0.1) is 0 Å². The fraction of sp³-hybridized carbons (Fsp3) is 0.571. The fourth-order valence-electron chi connectivity index (χ4n) is 2.24. The molecule has 1 saturated heterocycles. The average molecular weight is 251 g/mol. The van der Waals surface area contributed by atoms with E-state index in [0.717, 1.165) is 18.6 Å². The average Bonchev–Trinajstić information content (AvgIpc) is 2.69. The summed E-state index contributed by atoms with van der Waals surface area (Å²) in [5.41, 5.74) is 0.810. The van der Waals surface area contributed by atoms with Crippen molar-refractivity contribution in [3.05, 3.63) is 23.8 Å². The smallest absolute Gasteiger partial charge is 0.162 e. The first kappa shape index (κ1) is 13.2. The molecule has 1 fully saturated rings. The lowest BCUT2D eigenvalue weighted by Gasteiger charge is -2.29. The first-order valence-corrected chi connectivity index (χ1v) is 6.28. The van der Waals surface area contributed by atoms with Gasteiger partial charge >= 0.3 is 0 Å². The summed E-state index contributed by atoms with van der Waals surface area (Å²) in [5, 5.41) is 13.5. The summed E-state index contributed by atoms with van der Waals surface area (Å²) >= 11 is 0. The van der Waals surface area contributed by atoms with Gasteiger partial charge in [0.05, 0.1) is 13.2 Å². The molecule has 100 valence electrons. The second kappa shape index (κ2) is 5.16. The van der Waals surface area contributed by atoms with Gasteiger partial charge in [-0.3, -0.25) is 0 Å². The van der Waals surface area contributed by atoms with Gasteiger partial charge in [-0.1, -0.05) is 12.1 Å². The molecule has 1 aromatic carbocycles. The van der Waals surface area contributed by atoms with E-state index >= 15 is 0 Å². The van der Waals surface area contributed by atoms with Crippen LogP contribution in [-0.2, 0) is 11.3 Å². The SMILES string of the molecule is COc1cccc(CNC2(C)CCOC2C)c1O. The highest BCUT2D eigenvalue weighted by Gasteiger charge is 2.36. The number of phenols is 1. The van der Waals surface area contributed by atoms with Gasteiger partial charge in [0.1, 0.15) is 0 Å². The van der Waals surface area contributed by atoms with Gasteiger partial charge in [-0.15, -0.1) is 0 Å². The lowest BCUT2D eigenvalue weighted by atomic mass is 9.94. The highest BCUT2D eigenvalue weighted by atomic mass is 16.5. The summed E-state index contributed by atoms with van der Waals surface area (Å²) in [6.07, 6.45) is 1.17. The van der Waals surface area contributed by atoms with Crippen LogP contribution in [-0.4, -0.2) is 30.5 Å². The minimum Gasteiger partial charge on any atom is -0.504 e. The maximum Gasteiger partial charge on any atom is 0.162 e. The predicted octanol–water partition coefficient (Wildman–Crippen LogP) is 2.06. The Morgan fingerprint density at radius 1 is 1.56 bits per heavy atom. The van der Waals surface area contributed by atoms with Crippen LogP contribution in [0.5, 0.6) is 11.5 Å². The summed E-state index contributed by atoms with van der Waals surface area (Å²) < 4.78 is 10.7. The van der Waals surface area contributed by atoms with Crippen LogP contribution >= 0.6 is 0 Å². The first-order chi connectivity index (χ1) is 8.57. The Hall–Kier alpha value is -1.26. The van der Waals surface area contributed by atoms with Crippen molar-refractivity contribution in [1.29, 1.82) is 0 Å². The Morgan fingerprint density at radius 2 is 2.33 bits per heavy atom. The minimum atomic E-state index is -0.0322. The number of ether oxygens (including phenoxy) is 2. The molecule has 1 aliphatic rings. The Labute approximate surface area is 108 Å². The van der Waals surface area contributed by atoms with Crippen LogP contribution in [0.1, 0.15) is 25.8 Å². The normalized spacial score (nSPS) is 27.4. The van der Waals surface area contributed by atoms with Gasteiger partial charge < -0.3 is 19.9 Å². The van der Waals surface area contributed by atoms with E-state index in [2.05, 4.69) is 19.2 Å². The molecule has 0 bridgehead atoms. The van der Waals surface area contributed by atoms with Crippen LogP contribution in [0.3, 0.4) is 0 Å². The second-order valence-electron chi connectivity index (χ2n) is 5.00. The van der Waals surface area contributed by atoms with Gasteiger partial charge in [-0.05, 0) is 26.3 Å². The number of rotatable bonds is 4. The van der Waals surface area contributed by atoms with Crippen molar-refractivity contribution in [2.45, 2.75) is 38.5 Å². The molecular weight excluding hydrogens is 230 g/mol. The van der Waals surface area contributed by atoms with Crippen molar-refractivity contribution < 1.29 is 14.6 Å². The van der Waals surface area contributed by atoms with Gasteiger partial charge in [0.25, 0.3) is 0 Å². The summed E-state index contributed by atoms with van der Waals surface area (Å²) in [6, 6.07) is 5.53. The number of methoxy groups -OCH3 is 1. The summed E-state index contributed by atoms with van der Waals surface area (Å²) in [7, 11) is 1.56. The molecular formula is C14H21NO3. The lowest BCUT2D eigenvalue weighted by molar-refractivity contribution is 0.0880. The largest absolute Gasteiger partial charge is 0.504 e. The van der Waals surface area contributed by atoms with E-state index in [-0.39, 0.29) is 17.4 Å². The topological polar surface area (TPSA) is 50.7 Å². The summed E-state index contributed by atoms with van der Waals surface area (Å²) in [5.74, 6) is 0.720. The second-order valence-corrected chi connectivity index (χ2v) is 5.00. The van der Waals surface area contributed by atoms with Crippen molar-refractivity contribution in [2.24, 2.45) is 0 Å². The number of hydrogen-bond acceptors (Lipinski definition) is 4. The number of benzene rings is 1. The molecule has 2 atom stereocenters. The zero-order chi connectivity index (χ0) is 13.2. The number of hydrogen-bond donors (Lipinski definition) is 2. The monoisotopic (exact) mass is 251 g/mol. The van der Waals surface area contributed by atoms with Crippen molar-refractivity contribution in [3.63, 3.8) is 0 Å². The molecule has 2 rings (SSSR count). The van der Waals surface area contributed by atoms with Crippen molar-refractivity contribution in [3.8, 4) is 11.5 Å². The third kappa shape index (κ3) is 2.44. The number of para-hydroxylation sites is 1. The third-order valence-corrected chi connectivity index (χ3v) is 3.87. The van der Waals surface area contributed by atoms with Crippen LogP contribution < -0.4 is 10.1 Å². The quantitative estimate of drug-likeness (QED) is 0.860. The molecule has 1 aliphatic heterocycles. The van der Waals surface area contributed by atoms with Gasteiger partial charge in [0, 0.05) is 24.3 Å². The molecule has 0 aliphatic carbocycles. The lowest BCUT2D eigenvalue weighted by Crippen LogP contribution is -2.47. The summed E-state index contributed by atoms with van der Waals surface area (Å²) in [4.78, 5) is 0. The standard InChI is InChI=1S/C14H21NO3/c1-10-14(2,7-8-18-10)15-9-11-5-4-6-12(17-3)13(11)16/h4-6,10,15-16H,7-9H2,1-3H3. The van der Waals surface area contributed by atoms with E-state index in [0.29, 0.717) is 12.3 Å². The van der Waals surface area contributed by atoms with Gasteiger partial charge in [-0.25, -0.2) is 0 Å². The Bertz CT molecular complexity index is 422. The van der Waals surface area contributed by atoms with E-state index in [1.807, 2.05) is 12.1 Å². The van der Waals surface area contributed by atoms with E-state index in [4.69, 9.17) is 9.47 Å². The van der Waals surface area contributed by atoms with Gasteiger partial charge in [0.15, 0.2) is 11.5 Å². The molecule has 18 heavy (non-hydrogen) atoms. The van der Waals surface area contributed by atoms with Gasteiger partial charge in [-0.2, -0.15) is 0 Å².